The summed E-state index contributed by atoms with van der Waals surface area (Å²) < 4.78 is 43.1. The van der Waals surface area contributed by atoms with Crippen LogP contribution in [0.25, 0.3) is 0 Å². The van der Waals surface area contributed by atoms with Gasteiger partial charge in [-0.05, 0) is 12.1 Å². The lowest BCUT2D eigenvalue weighted by molar-refractivity contribution is -0.157. The predicted octanol–water partition coefficient (Wildman–Crippen LogP) is 2.21. The Hall–Kier alpha value is 0.0700. The maximum absolute atomic E-state index is 11.3. The predicted molar refractivity (Wildman–Crippen MR) is 85.2 cm³/mol. The molecule has 1 heterocycles. The van der Waals surface area contributed by atoms with Crippen molar-refractivity contribution >= 4 is 49.2 Å². The highest BCUT2D eigenvalue weighted by atomic mass is 79.9. The lowest BCUT2D eigenvalue weighted by Gasteiger charge is -2.28. The molecule has 1 fully saturated rings. The van der Waals surface area contributed by atoms with Crippen molar-refractivity contribution in [3.05, 3.63) is 33.8 Å². The Balaban J connectivity index is 2.34. The normalized spacial score (nSPS) is 27.0. The topological polar surface area (TPSA) is 93.1 Å². The first-order chi connectivity index (χ1) is 10.2. The fourth-order valence-corrected chi connectivity index (χ4v) is 4.05. The molecule has 0 amide bonds. The first-order valence-corrected chi connectivity index (χ1v) is 9.52. The number of aliphatic hydroxyl groups is 1. The van der Waals surface area contributed by atoms with Gasteiger partial charge in [-0.1, -0.05) is 45.2 Å². The molecule has 1 aromatic carbocycles. The van der Waals surface area contributed by atoms with Crippen molar-refractivity contribution < 1.29 is 27.6 Å². The van der Waals surface area contributed by atoms with E-state index < -0.39 is 33.9 Å². The Morgan fingerprint density at radius 3 is 2.64 bits per heavy atom. The van der Waals surface area contributed by atoms with Crippen LogP contribution in [-0.4, -0.2) is 48.0 Å². The fourth-order valence-electron chi connectivity index (χ4n) is 2.20. The number of halogens is 3. The largest absolute Gasteiger partial charge is 0.395 e. The summed E-state index contributed by atoms with van der Waals surface area (Å²) in [4.78, 5) is 0. The summed E-state index contributed by atoms with van der Waals surface area (Å²) in [6.07, 6.45) is -1.04. The van der Waals surface area contributed by atoms with Crippen molar-refractivity contribution in [1.82, 2.24) is 0 Å². The molecule has 1 aromatic rings. The van der Waals surface area contributed by atoms with Gasteiger partial charge in [0.25, 0.3) is 10.1 Å². The van der Waals surface area contributed by atoms with Crippen molar-refractivity contribution in [2.24, 2.45) is 0 Å². The van der Waals surface area contributed by atoms with Gasteiger partial charge in [-0.3, -0.25) is 4.55 Å². The summed E-state index contributed by atoms with van der Waals surface area (Å²) in [5, 5.41) is 8.59. The van der Waals surface area contributed by atoms with Crippen LogP contribution >= 0.6 is 39.1 Å². The molecule has 0 bridgehead atoms. The summed E-state index contributed by atoms with van der Waals surface area (Å²) in [6, 6.07) is 4.71. The van der Waals surface area contributed by atoms with Crippen LogP contribution in [0.15, 0.2) is 18.2 Å². The molecule has 2 N–H and O–H groups in total. The highest BCUT2D eigenvalue weighted by molar-refractivity contribution is 9.09. The van der Waals surface area contributed by atoms with Crippen molar-refractivity contribution in [3.8, 4) is 0 Å². The number of benzene rings is 1. The van der Waals surface area contributed by atoms with Crippen molar-refractivity contribution in [2.45, 2.75) is 17.1 Å². The monoisotopic (exact) mass is 434 g/mol. The fraction of sp³-hybridized carbons (Fsp3) is 0.500. The van der Waals surface area contributed by atoms with Gasteiger partial charge in [0, 0.05) is 10.6 Å². The molecule has 1 aliphatic heterocycles. The maximum Gasteiger partial charge on any atom is 0.272 e. The second-order valence-electron chi connectivity index (χ2n) is 4.71. The number of alkyl halides is 1. The molecule has 124 valence electrons. The molecule has 22 heavy (non-hydrogen) atoms. The van der Waals surface area contributed by atoms with E-state index in [1.807, 2.05) is 0 Å². The van der Waals surface area contributed by atoms with Crippen LogP contribution in [-0.2, 0) is 25.4 Å². The molecule has 0 spiro atoms. The molecular weight excluding hydrogens is 423 g/mol. The number of rotatable bonds is 5. The zero-order chi connectivity index (χ0) is 16.5. The van der Waals surface area contributed by atoms with Gasteiger partial charge in [0.15, 0.2) is 0 Å². The molecule has 0 saturated carbocycles. The molecule has 0 aromatic heterocycles. The van der Waals surface area contributed by atoms with Crippen molar-refractivity contribution in [3.63, 3.8) is 0 Å². The van der Waals surface area contributed by atoms with Crippen LogP contribution in [0.2, 0.25) is 10.0 Å². The Kier molecular flexibility index (Phi) is 5.77. The summed E-state index contributed by atoms with van der Waals surface area (Å²) >= 11 is 15.3. The molecule has 2 rings (SSSR count). The van der Waals surface area contributed by atoms with E-state index >= 15 is 0 Å². The van der Waals surface area contributed by atoms with E-state index in [-0.39, 0.29) is 11.9 Å². The number of ether oxygens (including phenoxy) is 2. The third-order valence-electron chi connectivity index (χ3n) is 3.32. The average Bonchev–Trinajstić information content (AvgIpc) is 2.83. The lowest BCUT2D eigenvalue weighted by atomic mass is 10.1. The lowest BCUT2D eigenvalue weighted by Crippen LogP contribution is -2.40. The van der Waals surface area contributed by atoms with Gasteiger partial charge < -0.3 is 14.6 Å². The summed E-state index contributed by atoms with van der Waals surface area (Å²) in [7, 11) is -4.48. The van der Waals surface area contributed by atoms with Crippen LogP contribution < -0.4 is 0 Å². The Bertz CT molecular complexity index is 655. The second-order valence-corrected chi connectivity index (χ2v) is 7.75. The van der Waals surface area contributed by atoms with E-state index in [1.54, 1.807) is 12.1 Å². The third kappa shape index (κ3) is 3.59. The zero-order valence-electron chi connectivity index (χ0n) is 11.1. The van der Waals surface area contributed by atoms with Gasteiger partial charge in [-0.15, -0.1) is 0 Å². The zero-order valence-corrected chi connectivity index (χ0v) is 15.0. The molecule has 0 aliphatic carbocycles. The second kappa shape index (κ2) is 6.90. The standard InChI is InChI=1S/C12H13BrCl2O6S/c13-6-12(8-2-1-7(14)3-9(8)15)20-5-10(21-12)11(4-16)22(17,18)19/h1-3,10-11,16H,4-6H2,(H,17,18,19). The van der Waals surface area contributed by atoms with Crippen LogP contribution in [0, 0.1) is 0 Å². The minimum absolute atomic E-state index is 0.129. The van der Waals surface area contributed by atoms with Gasteiger partial charge in [0.05, 0.1) is 23.6 Å². The van der Waals surface area contributed by atoms with Gasteiger partial charge in [0.2, 0.25) is 5.79 Å². The van der Waals surface area contributed by atoms with Crippen LogP contribution in [0.4, 0.5) is 0 Å². The third-order valence-corrected chi connectivity index (χ3v) is 5.82. The minimum Gasteiger partial charge on any atom is -0.395 e. The molecule has 10 heteroatoms. The van der Waals surface area contributed by atoms with Gasteiger partial charge >= 0.3 is 0 Å². The molecular formula is C12H13BrCl2O6S. The van der Waals surface area contributed by atoms with Gasteiger partial charge in [0.1, 0.15) is 11.4 Å². The summed E-state index contributed by atoms with van der Waals surface area (Å²) in [5.41, 5.74) is 0.463. The summed E-state index contributed by atoms with van der Waals surface area (Å²) in [6.45, 7) is -0.921. The smallest absolute Gasteiger partial charge is 0.272 e. The number of hydrogen-bond donors (Lipinski definition) is 2. The maximum atomic E-state index is 11.3. The van der Waals surface area contributed by atoms with Gasteiger partial charge in [-0.2, -0.15) is 8.42 Å². The Morgan fingerprint density at radius 2 is 2.14 bits per heavy atom. The van der Waals surface area contributed by atoms with Crippen LogP contribution in [0.1, 0.15) is 5.56 Å². The van der Waals surface area contributed by atoms with E-state index in [9.17, 15) is 13.5 Å². The van der Waals surface area contributed by atoms with Crippen molar-refractivity contribution in [2.75, 3.05) is 18.5 Å². The first kappa shape index (κ1) is 18.4. The average molecular weight is 436 g/mol. The van der Waals surface area contributed by atoms with Crippen molar-refractivity contribution in [1.29, 1.82) is 0 Å². The quantitative estimate of drug-likeness (QED) is 0.544. The van der Waals surface area contributed by atoms with E-state index in [2.05, 4.69) is 15.9 Å². The number of hydrogen-bond acceptors (Lipinski definition) is 5. The highest BCUT2D eigenvalue weighted by Gasteiger charge is 2.48. The van der Waals surface area contributed by atoms with E-state index in [1.165, 1.54) is 6.07 Å². The van der Waals surface area contributed by atoms with Gasteiger partial charge in [-0.25, -0.2) is 0 Å². The molecule has 3 atom stereocenters. The Labute approximate surface area is 146 Å². The molecule has 1 saturated heterocycles. The molecule has 0 radical (unpaired) electrons. The minimum atomic E-state index is -4.48. The van der Waals surface area contributed by atoms with E-state index in [0.29, 0.717) is 15.6 Å². The first-order valence-electron chi connectivity index (χ1n) is 6.14. The summed E-state index contributed by atoms with van der Waals surface area (Å²) in [5.74, 6) is -1.33. The highest BCUT2D eigenvalue weighted by Crippen LogP contribution is 2.41. The number of aliphatic hydroxyl groups excluding tert-OH is 1. The molecule has 6 nitrogen and oxygen atoms in total. The van der Waals surface area contributed by atoms with E-state index in [0.717, 1.165) is 0 Å². The van der Waals surface area contributed by atoms with Crippen LogP contribution in [0.5, 0.6) is 0 Å². The molecule has 1 aliphatic rings. The Morgan fingerprint density at radius 1 is 1.45 bits per heavy atom. The SMILES string of the molecule is O=S(=O)(O)C(CO)C1COC(CBr)(c2ccc(Cl)cc2Cl)O1. The molecule has 3 unspecified atom stereocenters. The van der Waals surface area contributed by atoms with E-state index in [4.69, 9.17) is 37.2 Å². The van der Waals surface area contributed by atoms with Crippen LogP contribution in [0.3, 0.4) is 0 Å².